The highest BCUT2D eigenvalue weighted by molar-refractivity contribution is 7.10. The molecule has 1 aromatic heterocycles. The molecule has 2 fully saturated rings. The van der Waals surface area contributed by atoms with Gasteiger partial charge in [-0.3, -0.25) is 14.3 Å². The molecular formula is C26H23ClF3N5O2S. The quantitative estimate of drug-likeness (QED) is 0.485. The van der Waals surface area contributed by atoms with Crippen LogP contribution in [0.2, 0.25) is 5.02 Å². The highest BCUT2D eigenvalue weighted by Crippen LogP contribution is 2.37. The van der Waals surface area contributed by atoms with E-state index in [2.05, 4.69) is 20.4 Å². The normalized spacial score (nSPS) is 21.2. The number of hydrogen-bond donors (Lipinski definition) is 2. The Kier molecular flexibility index (Phi) is 6.42. The number of nitrogens with one attached hydrogen (secondary N) is 1. The maximum Gasteiger partial charge on any atom is 0.416 e. The zero-order valence-electron chi connectivity index (χ0n) is 20.0. The summed E-state index contributed by atoms with van der Waals surface area (Å²) in [4.78, 5) is 15.2. The molecule has 0 aliphatic carbocycles. The van der Waals surface area contributed by atoms with Crippen molar-refractivity contribution >= 4 is 34.7 Å². The SMILES string of the molecule is O=c1sc(C(Cc2ccc(Cl)cc2C(F)(F)F)=c2ccc3c(c2)C=NN=3)c(O)n1CCN1C[C@@H]2C[C@H]1CN2. The molecule has 2 N–H and O–H groups in total. The molecule has 2 aromatic carbocycles. The summed E-state index contributed by atoms with van der Waals surface area (Å²) in [7, 11) is 0. The van der Waals surface area contributed by atoms with Crippen LogP contribution in [-0.4, -0.2) is 52.5 Å². The Morgan fingerprint density at radius 2 is 2.05 bits per heavy atom. The Balaban J connectivity index is 1.43. The predicted octanol–water partition coefficient (Wildman–Crippen LogP) is 2.74. The van der Waals surface area contributed by atoms with Crippen LogP contribution in [0.15, 0.2) is 51.4 Å². The molecule has 0 amide bonds. The molecule has 6 rings (SSSR count). The number of fused-ring (bicyclic) bond motifs is 3. The van der Waals surface area contributed by atoms with Crippen molar-refractivity contribution in [1.29, 1.82) is 0 Å². The minimum atomic E-state index is -4.63. The molecule has 3 aliphatic heterocycles. The van der Waals surface area contributed by atoms with E-state index in [0.29, 0.717) is 46.9 Å². The first-order chi connectivity index (χ1) is 18.2. The van der Waals surface area contributed by atoms with E-state index in [1.54, 1.807) is 24.4 Å². The number of nitrogens with zero attached hydrogens (tertiary/aromatic N) is 4. The lowest BCUT2D eigenvalue weighted by molar-refractivity contribution is -0.138. The van der Waals surface area contributed by atoms with E-state index >= 15 is 0 Å². The fourth-order valence-electron chi connectivity index (χ4n) is 5.50. The van der Waals surface area contributed by atoms with Crippen molar-refractivity contribution in [1.82, 2.24) is 14.8 Å². The lowest BCUT2D eigenvalue weighted by Crippen LogP contribution is -2.44. The van der Waals surface area contributed by atoms with Crippen LogP contribution in [0, 0.1) is 0 Å². The minimum absolute atomic E-state index is 0.0110. The number of aromatic hydroxyl groups is 1. The van der Waals surface area contributed by atoms with Crippen LogP contribution in [0.1, 0.15) is 28.0 Å². The Morgan fingerprint density at radius 1 is 1.21 bits per heavy atom. The van der Waals surface area contributed by atoms with Gasteiger partial charge in [0.15, 0.2) is 0 Å². The maximum atomic E-state index is 13.9. The molecule has 3 aromatic rings. The standard InChI is InChI=1S/C26H23ClF3N5O2S/c27-17-3-1-15(21(9-17)26(28,29)30)8-20(14-2-4-22-16(7-14)11-32-33-22)23-24(36)35(25(37)38-23)6-5-34-13-18-10-19(34)12-31-18/h1-4,7,9,11,18-19,31,36H,5-6,8,10,12-13H2/t18-,19-/m0/s1. The second-order valence-corrected chi connectivity index (χ2v) is 11.1. The van der Waals surface area contributed by atoms with E-state index in [9.17, 15) is 23.1 Å². The van der Waals surface area contributed by atoms with Crippen molar-refractivity contribution in [3.05, 3.63) is 83.2 Å². The van der Waals surface area contributed by atoms with Crippen LogP contribution in [-0.2, 0) is 19.1 Å². The lowest BCUT2D eigenvalue weighted by atomic mass is 9.96. The fourth-order valence-corrected chi connectivity index (χ4v) is 6.65. The molecule has 2 bridgehead atoms. The number of rotatable bonds is 6. The van der Waals surface area contributed by atoms with E-state index in [-0.39, 0.29) is 32.6 Å². The average molecular weight is 562 g/mol. The van der Waals surface area contributed by atoms with Crippen molar-refractivity contribution < 1.29 is 18.3 Å². The monoisotopic (exact) mass is 561 g/mol. The Hall–Kier alpha value is -2.99. The van der Waals surface area contributed by atoms with Gasteiger partial charge >= 0.3 is 11.0 Å². The van der Waals surface area contributed by atoms with Crippen LogP contribution < -0.4 is 20.8 Å². The Bertz CT molecular complexity index is 1630. The number of thiazole rings is 1. The highest BCUT2D eigenvalue weighted by atomic mass is 35.5. The summed E-state index contributed by atoms with van der Waals surface area (Å²) in [6, 6.07) is 9.72. The van der Waals surface area contributed by atoms with Crippen LogP contribution in [0.4, 0.5) is 13.2 Å². The summed E-state index contributed by atoms with van der Waals surface area (Å²) >= 11 is 6.73. The molecule has 2 saturated heterocycles. The smallest absolute Gasteiger partial charge is 0.416 e. The second kappa shape index (κ2) is 9.64. The van der Waals surface area contributed by atoms with Gasteiger partial charge in [-0.05, 0) is 47.0 Å². The topological polar surface area (TPSA) is 82.2 Å². The zero-order chi connectivity index (χ0) is 26.6. The molecule has 0 saturated carbocycles. The summed E-state index contributed by atoms with van der Waals surface area (Å²) in [5.74, 6) is -0.237. The number of benzene rings is 2. The zero-order valence-corrected chi connectivity index (χ0v) is 21.6. The van der Waals surface area contributed by atoms with Gasteiger partial charge in [0.2, 0.25) is 5.88 Å². The Morgan fingerprint density at radius 3 is 2.79 bits per heavy atom. The summed E-state index contributed by atoms with van der Waals surface area (Å²) in [6.07, 6.45) is -2.16. The molecular weight excluding hydrogens is 539 g/mol. The lowest BCUT2D eigenvalue weighted by Gasteiger charge is -2.27. The third kappa shape index (κ3) is 4.68. The summed E-state index contributed by atoms with van der Waals surface area (Å²) in [5.41, 5.74) is 0.243. The minimum Gasteiger partial charge on any atom is -0.493 e. The largest absolute Gasteiger partial charge is 0.493 e. The third-order valence-electron chi connectivity index (χ3n) is 7.41. The third-order valence-corrected chi connectivity index (χ3v) is 8.67. The summed E-state index contributed by atoms with van der Waals surface area (Å²) < 4.78 is 43.1. The Labute approximate surface area is 224 Å². The van der Waals surface area contributed by atoms with Crippen LogP contribution in [0.25, 0.3) is 5.57 Å². The van der Waals surface area contributed by atoms with Crippen molar-refractivity contribution in [3.63, 3.8) is 0 Å². The van der Waals surface area contributed by atoms with Gasteiger partial charge in [-0.15, -0.1) is 0 Å². The molecule has 0 radical (unpaired) electrons. The molecule has 4 heterocycles. The van der Waals surface area contributed by atoms with Crippen LogP contribution in [0.3, 0.4) is 0 Å². The summed E-state index contributed by atoms with van der Waals surface area (Å²) in [5, 5.41) is 23.8. The first-order valence-electron chi connectivity index (χ1n) is 12.2. The van der Waals surface area contributed by atoms with Crippen LogP contribution >= 0.6 is 22.9 Å². The molecule has 2 atom stereocenters. The number of alkyl halides is 3. The second-order valence-electron chi connectivity index (χ2n) is 9.73. The van der Waals surface area contributed by atoms with Crippen molar-refractivity contribution in [2.24, 2.45) is 10.2 Å². The van der Waals surface area contributed by atoms with Gasteiger partial charge in [-0.1, -0.05) is 35.1 Å². The number of halogens is 4. The van der Waals surface area contributed by atoms with Gasteiger partial charge in [0, 0.05) is 55.3 Å². The highest BCUT2D eigenvalue weighted by Gasteiger charge is 2.37. The van der Waals surface area contributed by atoms with Crippen molar-refractivity contribution in [3.8, 4) is 5.88 Å². The van der Waals surface area contributed by atoms with Crippen molar-refractivity contribution in [2.75, 3.05) is 19.6 Å². The molecule has 38 heavy (non-hydrogen) atoms. The van der Waals surface area contributed by atoms with Crippen LogP contribution in [0.5, 0.6) is 5.88 Å². The number of piperazine rings is 1. The average Bonchev–Trinajstić information content (AvgIpc) is 3.66. The first kappa shape index (κ1) is 25.3. The molecule has 0 spiro atoms. The number of likely N-dealkylation sites (tertiary alicyclic amines) is 1. The van der Waals surface area contributed by atoms with E-state index in [4.69, 9.17) is 11.6 Å². The molecule has 3 aliphatic rings. The van der Waals surface area contributed by atoms with E-state index in [1.165, 1.54) is 16.7 Å². The van der Waals surface area contributed by atoms with E-state index in [0.717, 1.165) is 36.9 Å². The van der Waals surface area contributed by atoms with Gasteiger partial charge in [0.1, 0.15) is 0 Å². The van der Waals surface area contributed by atoms with Gasteiger partial charge in [0.05, 0.1) is 22.0 Å². The molecule has 12 heteroatoms. The van der Waals surface area contributed by atoms with Gasteiger partial charge < -0.3 is 10.4 Å². The van der Waals surface area contributed by atoms with Gasteiger partial charge in [-0.2, -0.15) is 23.4 Å². The van der Waals surface area contributed by atoms with E-state index < -0.39 is 11.7 Å². The predicted molar refractivity (Wildman–Crippen MR) is 139 cm³/mol. The number of aromatic nitrogens is 1. The number of hydrogen-bond acceptors (Lipinski definition) is 7. The molecule has 198 valence electrons. The van der Waals surface area contributed by atoms with Crippen molar-refractivity contribution in [2.45, 2.75) is 37.6 Å². The summed E-state index contributed by atoms with van der Waals surface area (Å²) in [6.45, 7) is 2.71. The van der Waals surface area contributed by atoms with Gasteiger partial charge in [0.25, 0.3) is 0 Å². The van der Waals surface area contributed by atoms with Gasteiger partial charge in [-0.25, -0.2) is 0 Å². The fraction of sp³-hybridized carbons (Fsp3) is 0.346. The van der Waals surface area contributed by atoms with E-state index in [1.807, 2.05) is 0 Å². The molecule has 0 unspecified atom stereocenters. The first-order valence-corrected chi connectivity index (χ1v) is 13.4. The maximum absolute atomic E-state index is 13.9. The molecule has 7 nitrogen and oxygen atoms in total.